The van der Waals surface area contributed by atoms with Crippen molar-refractivity contribution >= 4 is 6.21 Å². The molecule has 2 aliphatic heterocycles. The first kappa shape index (κ1) is 7.25. The van der Waals surface area contributed by atoms with Crippen LogP contribution in [0.15, 0.2) is 4.99 Å². The van der Waals surface area contributed by atoms with Crippen LogP contribution in [0.4, 0.5) is 0 Å². The monoisotopic (exact) mass is 153 g/mol. The van der Waals surface area contributed by atoms with E-state index in [1.807, 2.05) is 0 Å². The minimum absolute atomic E-state index is 0.474. The molecule has 0 spiro atoms. The van der Waals surface area contributed by atoms with Crippen LogP contribution in [-0.2, 0) is 0 Å². The van der Waals surface area contributed by atoms with Crippen LogP contribution in [-0.4, -0.2) is 43.0 Å². The molecule has 11 heavy (non-hydrogen) atoms. The molecule has 3 nitrogen and oxygen atoms in total. The number of piperazine rings is 1. The topological polar surface area (TPSA) is 27.6 Å². The summed E-state index contributed by atoms with van der Waals surface area (Å²) in [7, 11) is 0. The van der Waals surface area contributed by atoms with Crippen LogP contribution >= 0.6 is 0 Å². The molecule has 3 heteroatoms. The molecule has 1 N–H and O–H groups in total. The Morgan fingerprint density at radius 1 is 1.73 bits per heavy atom. The van der Waals surface area contributed by atoms with Gasteiger partial charge in [0.2, 0.25) is 0 Å². The Bertz CT molecular complexity index is 159. The highest BCUT2D eigenvalue weighted by atomic mass is 15.3. The standard InChI is InChI=1S/C8H15N3/c1-2-8-10-6-7-5-9-3-4-11(7)8/h6-9H,2-5H2,1H3. The van der Waals surface area contributed by atoms with Crippen LogP contribution in [0.25, 0.3) is 0 Å². The highest BCUT2D eigenvalue weighted by Gasteiger charge is 2.30. The van der Waals surface area contributed by atoms with E-state index in [4.69, 9.17) is 0 Å². The number of aliphatic imine (C=N–C) groups is 1. The fraction of sp³-hybridized carbons (Fsp3) is 0.875. The molecule has 0 saturated carbocycles. The van der Waals surface area contributed by atoms with Crippen molar-refractivity contribution in [3.63, 3.8) is 0 Å². The number of hydrogen-bond acceptors (Lipinski definition) is 3. The number of nitrogens with one attached hydrogen (secondary N) is 1. The van der Waals surface area contributed by atoms with E-state index < -0.39 is 0 Å². The Hall–Kier alpha value is -0.410. The second kappa shape index (κ2) is 2.91. The molecule has 2 rings (SSSR count). The van der Waals surface area contributed by atoms with E-state index in [-0.39, 0.29) is 0 Å². The number of nitrogens with zero attached hydrogens (tertiary/aromatic N) is 2. The van der Waals surface area contributed by atoms with Gasteiger partial charge in [0.15, 0.2) is 0 Å². The first-order chi connectivity index (χ1) is 5.42. The normalized spacial score (nSPS) is 37.5. The van der Waals surface area contributed by atoms with E-state index in [9.17, 15) is 0 Å². The number of fused-ring (bicyclic) bond motifs is 1. The first-order valence-corrected chi connectivity index (χ1v) is 4.41. The quantitative estimate of drug-likeness (QED) is 0.578. The number of hydrogen-bond donors (Lipinski definition) is 1. The largest absolute Gasteiger partial charge is 0.314 e. The molecular formula is C8H15N3. The van der Waals surface area contributed by atoms with Crippen molar-refractivity contribution in [2.24, 2.45) is 4.99 Å². The molecule has 0 radical (unpaired) electrons. The summed E-state index contributed by atoms with van der Waals surface area (Å²) in [4.78, 5) is 6.94. The molecule has 2 unspecified atom stereocenters. The minimum Gasteiger partial charge on any atom is -0.314 e. The summed E-state index contributed by atoms with van der Waals surface area (Å²) in [6, 6.07) is 0.577. The molecule has 2 heterocycles. The summed E-state index contributed by atoms with van der Waals surface area (Å²) in [5, 5.41) is 3.37. The van der Waals surface area contributed by atoms with Crippen molar-refractivity contribution in [1.29, 1.82) is 0 Å². The average molecular weight is 153 g/mol. The summed E-state index contributed by atoms with van der Waals surface area (Å²) in [5.41, 5.74) is 0. The minimum atomic E-state index is 0.474. The average Bonchev–Trinajstić information content (AvgIpc) is 2.47. The zero-order chi connectivity index (χ0) is 7.68. The van der Waals surface area contributed by atoms with Crippen molar-refractivity contribution < 1.29 is 0 Å². The van der Waals surface area contributed by atoms with E-state index in [0.29, 0.717) is 12.2 Å². The molecule has 62 valence electrons. The lowest BCUT2D eigenvalue weighted by atomic mass is 10.2. The zero-order valence-corrected chi connectivity index (χ0v) is 6.95. The fourth-order valence-electron chi connectivity index (χ4n) is 1.87. The van der Waals surface area contributed by atoms with Crippen molar-refractivity contribution in [2.75, 3.05) is 19.6 Å². The summed E-state index contributed by atoms with van der Waals surface area (Å²) in [6.07, 6.45) is 3.72. The van der Waals surface area contributed by atoms with Gasteiger partial charge in [-0.2, -0.15) is 0 Å². The second-order valence-corrected chi connectivity index (χ2v) is 3.20. The molecule has 0 aromatic rings. The Labute approximate surface area is 67.5 Å². The summed E-state index contributed by atoms with van der Waals surface area (Å²) in [6.45, 7) is 5.56. The van der Waals surface area contributed by atoms with E-state index in [1.54, 1.807) is 0 Å². The van der Waals surface area contributed by atoms with Crippen LogP contribution in [0.5, 0.6) is 0 Å². The van der Waals surface area contributed by atoms with Crippen LogP contribution in [0.1, 0.15) is 13.3 Å². The SMILES string of the molecule is CCC1N=CC2CNCCN21. The van der Waals surface area contributed by atoms with Crippen LogP contribution in [0.2, 0.25) is 0 Å². The molecule has 2 aliphatic rings. The van der Waals surface area contributed by atoms with E-state index >= 15 is 0 Å². The Morgan fingerprint density at radius 2 is 2.64 bits per heavy atom. The fourth-order valence-corrected chi connectivity index (χ4v) is 1.87. The molecule has 0 bridgehead atoms. The van der Waals surface area contributed by atoms with Crippen molar-refractivity contribution in [3.05, 3.63) is 0 Å². The first-order valence-electron chi connectivity index (χ1n) is 4.41. The Balaban J connectivity index is 2.03. The predicted molar refractivity (Wildman–Crippen MR) is 45.9 cm³/mol. The predicted octanol–water partition coefficient (Wildman–Crippen LogP) is 0.0807. The maximum atomic E-state index is 4.46. The van der Waals surface area contributed by atoms with Gasteiger partial charge in [0.1, 0.15) is 6.17 Å². The van der Waals surface area contributed by atoms with E-state index in [2.05, 4.69) is 28.3 Å². The summed E-state index contributed by atoms with van der Waals surface area (Å²) < 4.78 is 0. The smallest absolute Gasteiger partial charge is 0.102 e. The van der Waals surface area contributed by atoms with Crippen LogP contribution < -0.4 is 5.32 Å². The van der Waals surface area contributed by atoms with Gasteiger partial charge in [-0.1, -0.05) is 6.92 Å². The molecule has 0 aliphatic carbocycles. The molecule has 2 atom stereocenters. The zero-order valence-electron chi connectivity index (χ0n) is 6.95. The molecule has 0 aromatic heterocycles. The van der Waals surface area contributed by atoms with Crippen molar-refractivity contribution in [1.82, 2.24) is 10.2 Å². The van der Waals surface area contributed by atoms with Gasteiger partial charge in [-0.15, -0.1) is 0 Å². The lowest BCUT2D eigenvalue weighted by molar-refractivity contribution is 0.165. The van der Waals surface area contributed by atoms with Crippen LogP contribution in [0, 0.1) is 0 Å². The summed E-state index contributed by atoms with van der Waals surface area (Å²) >= 11 is 0. The van der Waals surface area contributed by atoms with Gasteiger partial charge in [-0.25, -0.2) is 0 Å². The third kappa shape index (κ3) is 1.19. The molecule has 0 aromatic carbocycles. The molecule has 0 amide bonds. The van der Waals surface area contributed by atoms with Gasteiger partial charge in [-0.3, -0.25) is 9.89 Å². The molecule has 1 saturated heterocycles. The second-order valence-electron chi connectivity index (χ2n) is 3.20. The van der Waals surface area contributed by atoms with E-state index in [1.165, 1.54) is 0 Å². The Kier molecular flexibility index (Phi) is 1.92. The third-order valence-corrected chi connectivity index (χ3v) is 2.50. The van der Waals surface area contributed by atoms with Gasteiger partial charge in [0.05, 0.1) is 6.04 Å². The van der Waals surface area contributed by atoms with Gasteiger partial charge in [-0.05, 0) is 6.42 Å². The van der Waals surface area contributed by atoms with Gasteiger partial charge >= 0.3 is 0 Å². The van der Waals surface area contributed by atoms with Crippen LogP contribution in [0.3, 0.4) is 0 Å². The number of rotatable bonds is 1. The Morgan fingerprint density at radius 3 is 3.45 bits per heavy atom. The lowest BCUT2D eigenvalue weighted by Crippen LogP contribution is -2.51. The highest BCUT2D eigenvalue weighted by molar-refractivity contribution is 5.67. The van der Waals surface area contributed by atoms with Gasteiger partial charge < -0.3 is 5.32 Å². The van der Waals surface area contributed by atoms with Gasteiger partial charge in [0.25, 0.3) is 0 Å². The molecule has 1 fully saturated rings. The third-order valence-electron chi connectivity index (χ3n) is 2.50. The molecular weight excluding hydrogens is 138 g/mol. The summed E-state index contributed by atoms with van der Waals surface area (Å²) in [5.74, 6) is 0. The maximum absolute atomic E-state index is 4.46. The lowest BCUT2D eigenvalue weighted by Gasteiger charge is -2.32. The highest BCUT2D eigenvalue weighted by Crippen LogP contribution is 2.16. The van der Waals surface area contributed by atoms with Crippen molar-refractivity contribution in [3.8, 4) is 0 Å². The maximum Gasteiger partial charge on any atom is 0.102 e. The van der Waals surface area contributed by atoms with E-state index in [0.717, 1.165) is 26.1 Å². The van der Waals surface area contributed by atoms with Gasteiger partial charge in [0, 0.05) is 25.8 Å². The van der Waals surface area contributed by atoms with Crippen molar-refractivity contribution in [2.45, 2.75) is 25.6 Å².